The van der Waals surface area contributed by atoms with Gasteiger partial charge in [0.15, 0.2) is 0 Å². The van der Waals surface area contributed by atoms with E-state index in [0.29, 0.717) is 16.5 Å². The maximum Gasteiger partial charge on any atom is 0.234 e. The third kappa shape index (κ3) is 4.70. The fraction of sp³-hybridized carbons (Fsp3) is 0.250. The zero-order chi connectivity index (χ0) is 19.4. The number of carbonyl (C=O) groups is 1. The Labute approximate surface area is 167 Å². The topological polar surface area (TPSA) is 64.1 Å². The number of halogens is 1. The van der Waals surface area contributed by atoms with Gasteiger partial charge < -0.3 is 10.1 Å². The molecule has 3 aromatic rings. The highest BCUT2D eigenvalue weighted by molar-refractivity contribution is 8.00. The predicted molar refractivity (Wildman–Crippen MR) is 111 cm³/mol. The van der Waals surface area contributed by atoms with E-state index in [1.807, 2.05) is 24.3 Å². The molecule has 2 aromatic carbocycles. The number of ether oxygens (including phenoxy) is 1. The molecule has 0 aliphatic carbocycles. The van der Waals surface area contributed by atoms with Gasteiger partial charge in [0.25, 0.3) is 0 Å². The molecule has 0 bridgehead atoms. The second-order valence-corrected chi connectivity index (χ2v) is 7.64. The molecule has 140 valence electrons. The number of nitrogens with one attached hydrogen (secondary N) is 1. The van der Waals surface area contributed by atoms with E-state index in [0.717, 1.165) is 21.8 Å². The van der Waals surface area contributed by atoms with E-state index in [-0.39, 0.29) is 17.6 Å². The van der Waals surface area contributed by atoms with Crippen LogP contribution in [0.1, 0.15) is 25.6 Å². The lowest BCUT2D eigenvalue weighted by molar-refractivity contribution is -0.113. The Morgan fingerprint density at radius 2 is 2.00 bits per heavy atom. The highest BCUT2D eigenvalue weighted by Crippen LogP contribution is 2.29. The van der Waals surface area contributed by atoms with Gasteiger partial charge in [-0.1, -0.05) is 55.4 Å². The maximum absolute atomic E-state index is 12.4. The number of thioether (sulfide) groups is 1. The average Bonchev–Trinajstić information content (AvgIpc) is 2.66. The number of methoxy groups -OCH3 is 1. The molecule has 1 aromatic heterocycles. The summed E-state index contributed by atoms with van der Waals surface area (Å²) in [4.78, 5) is 21.7. The molecule has 0 spiro atoms. The van der Waals surface area contributed by atoms with Gasteiger partial charge in [0.1, 0.15) is 16.6 Å². The van der Waals surface area contributed by atoms with Crippen LogP contribution in [0.3, 0.4) is 0 Å². The van der Waals surface area contributed by atoms with Crippen LogP contribution in [0.25, 0.3) is 10.9 Å². The van der Waals surface area contributed by atoms with E-state index in [2.05, 4.69) is 29.1 Å². The molecule has 1 amide bonds. The van der Waals surface area contributed by atoms with Gasteiger partial charge >= 0.3 is 0 Å². The lowest BCUT2D eigenvalue weighted by Crippen LogP contribution is -2.15. The number of anilines is 1. The molecule has 0 radical (unpaired) electrons. The van der Waals surface area contributed by atoms with Crippen molar-refractivity contribution in [2.24, 2.45) is 0 Å². The van der Waals surface area contributed by atoms with Crippen LogP contribution in [0.5, 0.6) is 5.75 Å². The van der Waals surface area contributed by atoms with E-state index in [4.69, 9.17) is 16.3 Å². The number of benzene rings is 2. The van der Waals surface area contributed by atoms with Crippen molar-refractivity contribution in [3.05, 3.63) is 53.3 Å². The molecule has 0 atom stereocenters. The van der Waals surface area contributed by atoms with Crippen LogP contribution in [0.4, 0.5) is 5.69 Å². The second kappa shape index (κ2) is 8.59. The predicted octanol–water partition coefficient (Wildman–Crippen LogP) is 5.15. The lowest BCUT2D eigenvalue weighted by atomic mass is 10.2. The summed E-state index contributed by atoms with van der Waals surface area (Å²) < 4.78 is 5.26. The first-order valence-corrected chi connectivity index (χ1v) is 9.87. The third-order valence-electron chi connectivity index (χ3n) is 3.88. The van der Waals surface area contributed by atoms with Crippen molar-refractivity contribution in [2.45, 2.75) is 24.8 Å². The van der Waals surface area contributed by atoms with Crippen LogP contribution >= 0.6 is 23.4 Å². The average molecular weight is 402 g/mol. The van der Waals surface area contributed by atoms with Gasteiger partial charge in [-0.2, -0.15) is 0 Å². The molecule has 1 heterocycles. The molecule has 0 aliphatic rings. The molecule has 0 fully saturated rings. The minimum absolute atomic E-state index is 0.158. The third-order valence-corrected chi connectivity index (χ3v) is 5.10. The molecule has 7 heteroatoms. The van der Waals surface area contributed by atoms with Crippen molar-refractivity contribution in [3.63, 3.8) is 0 Å². The van der Waals surface area contributed by atoms with E-state index in [1.165, 1.54) is 11.8 Å². The molecular formula is C20H20ClN3O2S. The van der Waals surface area contributed by atoms with Crippen molar-refractivity contribution in [1.29, 1.82) is 0 Å². The SMILES string of the molecule is COc1ccc(Cl)cc1NC(=O)CSc1nc(C(C)C)nc2ccccc12. The summed E-state index contributed by atoms with van der Waals surface area (Å²) in [5.41, 5.74) is 1.43. The number of fused-ring (bicyclic) bond motifs is 1. The Balaban J connectivity index is 1.78. The van der Waals surface area contributed by atoms with Crippen LogP contribution in [0, 0.1) is 0 Å². The van der Waals surface area contributed by atoms with E-state index < -0.39 is 0 Å². The Morgan fingerprint density at radius 3 is 2.74 bits per heavy atom. The van der Waals surface area contributed by atoms with Crippen molar-refractivity contribution in [3.8, 4) is 5.75 Å². The van der Waals surface area contributed by atoms with Crippen LogP contribution in [0.2, 0.25) is 5.02 Å². The summed E-state index contributed by atoms with van der Waals surface area (Å²) in [6, 6.07) is 12.9. The normalized spacial score (nSPS) is 11.0. The molecule has 0 saturated carbocycles. The Bertz CT molecular complexity index is 979. The van der Waals surface area contributed by atoms with Crippen LogP contribution in [-0.4, -0.2) is 28.7 Å². The Hall–Kier alpha value is -2.31. The van der Waals surface area contributed by atoms with Crippen molar-refractivity contribution < 1.29 is 9.53 Å². The van der Waals surface area contributed by atoms with Gasteiger partial charge in [0.05, 0.1) is 24.1 Å². The first kappa shape index (κ1) is 19.5. The zero-order valence-corrected chi connectivity index (χ0v) is 16.9. The quantitative estimate of drug-likeness (QED) is 0.457. The number of nitrogens with zero attached hydrogens (tertiary/aromatic N) is 2. The Morgan fingerprint density at radius 1 is 1.22 bits per heavy atom. The van der Waals surface area contributed by atoms with E-state index in [1.54, 1.807) is 25.3 Å². The summed E-state index contributed by atoms with van der Waals surface area (Å²) in [5.74, 6) is 1.60. The molecule has 5 nitrogen and oxygen atoms in total. The largest absolute Gasteiger partial charge is 0.495 e. The number of hydrogen-bond acceptors (Lipinski definition) is 5. The zero-order valence-electron chi connectivity index (χ0n) is 15.3. The lowest BCUT2D eigenvalue weighted by Gasteiger charge is -2.12. The standard InChI is InChI=1S/C20H20ClN3O2S/c1-12(2)19-23-15-7-5-4-6-14(15)20(24-19)27-11-18(25)22-16-10-13(21)8-9-17(16)26-3/h4-10,12H,11H2,1-3H3,(H,22,25). The monoisotopic (exact) mass is 401 g/mol. The number of carbonyl (C=O) groups excluding carboxylic acids is 1. The molecule has 0 aliphatic heterocycles. The van der Waals surface area contributed by atoms with Gasteiger partial charge in [0.2, 0.25) is 5.91 Å². The molecule has 3 rings (SSSR count). The summed E-state index contributed by atoms with van der Waals surface area (Å²) in [5, 5.41) is 5.12. The summed E-state index contributed by atoms with van der Waals surface area (Å²) in [7, 11) is 1.55. The molecule has 0 unspecified atom stereocenters. The molecule has 27 heavy (non-hydrogen) atoms. The van der Waals surface area contributed by atoms with E-state index in [9.17, 15) is 4.79 Å². The minimum atomic E-state index is -0.158. The van der Waals surface area contributed by atoms with E-state index >= 15 is 0 Å². The summed E-state index contributed by atoms with van der Waals surface area (Å²) in [6.07, 6.45) is 0. The number of aromatic nitrogens is 2. The number of rotatable bonds is 6. The van der Waals surface area contributed by atoms with Gasteiger partial charge in [0, 0.05) is 16.3 Å². The number of hydrogen-bond donors (Lipinski definition) is 1. The highest BCUT2D eigenvalue weighted by atomic mass is 35.5. The molecular weight excluding hydrogens is 382 g/mol. The fourth-order valence-corrected chi connectivity index (χ4v) is 3.53. The fourth-order valence-electron chi connectivity index (χ4n) is 2.53. The van der Waals surface area contributed by atoms with Crippen molar-refractivity contribution in [2.75, 3.05) is 18.2 Å². The van der Waals surface area contributed by atoms with Crippen molar-refractivity contribution >= 4 is 45.9 Å². The first-order valence-electron chi connectivity index (χ1n) is 8.51. The maximum atomic E-state index is 12.4. The van der Waals surface area contributed by atoms with Gasteiger partial charge in [-0.05, 0) is 24.3 Å². The number of para-hydroxylation sites is 1. The van der Waals surface area contributed by atoms with Crippen LogP contribution in [0.15, 0.2) is 47.5 Å². The van der Waals surface area contributed by atoms with Gasteiger partial charge in [-0.3, -0.25) is 4.79 Å². The minimum Gasteiger partial charge on any atom is -0.495 e. The summed E-state index contributed by atoms with van der Waals surface area (Å²) >= 11 is 7.40. The first-order chi connectivity index (χ1) is 13.0. The van der Waals surface area contributed by atoms with Crippen molar-refractivity contribution in [1.82, 2.24) is 9.97 Å². The van der Waals surface area contributed by atoms with Gasteiger partial charge in [-0.25, -0.2) is 9.97 Å². The highest BCUT2D eigenvalue weighted by Gasteiger charge is 2.13. The summed E-state index contributed by atoms with van der Waals surface area (Å²) in [6.45, 7) is 4.10. The Kier molecular flexibility index (Phi) is 6.19. The molecule has 1 N–H and O–H groups in total. The number of amides is 1. The second-order valence-electron chi connectivity index (χ2n) is 6.24. The smallest absolute Gasteiger partial charge is 0.234 e. The van der Waals surface area contributed by atoms with Crippen LogP contribution < -0.4 is 10.1 Å². The van der Waals surface area contributed by atoms with Gasteiger partial charge in [-0.15, -0.1) is 0 Å². The van der Waals surface area contributed by atoms with Crippen LogP contribution in [-0.2, 0) is 4.79 Å². The molecule has 0 saturated heterocycles.